The molecule has 0 saturated heterocycles. The first-order chi connectivity index (χ1) is 15.8. The molecule has 0 aliphatic carbocycles. The summed E-state index contributed by atoms with van der Waals surface area (Å²) in [5, 5.41) is 0.644. The van der Waals surface area contributed by atoms with E-state index in [1.165, 1.54) is 40.7 Å². The van der Waals surface area contributed by atoms with Gasteiger partial charge in [-0.3, -0.25) is 9.10 Å². The Morgan fingerprint density at radius 2 is 1.70 bits per heavy atom. The Balaban J connectivity index is 1.69. The normalized spacial score (nSPS) is 13.8. The predicted octanol–water partition coefficient (Wildman–Crippen LogP) is 4.13. The van der Waals surface area contributed by atoms with Gasteiger partial charge < -0.3 is 4.98 Å². The molecule has 0 fully saturated rings. The largest absolute Gasteiger partial charge is 0.333 e. The molecule has 0 bridgehead atoms. The number of aryl methyl sites for hydroxylation is 1. The van der Waals surface area contributed by atoms with Crippen molar-refractivity contribution in [3.05, 3.63) is 97.1 Å². The van der Waals surface area contributed by atoms with E-state index in [1.807, 2.05) is 12.1 Å². The van der Waals surface area contributed by atoms with Gasteiger partial charge in [0.1, 0.15) is 0 Å². The molecule has 0 atom stereocenters. The Morgan fingerprint density at radius 3 is 2.52 bits per heavy atom. The Labute approximate surface area is 198 Å². The van der Waals surface area contributed by atoms with Crippen molar-refractivity contribution in [2.75, 3.05) is 10.8 Å². The molecule has 0 radical (unpaired) electrons. The van der Waals surface area contributed by atoms with E-state index in [2.05, 4.69) is 4.98 Å². The van der Waals surface area contributed by atoms with E-state index in [1.54, 1.807) is 12.1 Å². The molecule has 5 rings (SSSR count). The lowest BCUT2D eigenvalue weighted by molar-refractivity contribution is 0.586. The maximum absolute atomic E-state index is 13.6. The van der Waals surface area contributed by atoms with Gasteiger partial charge in [0.05, 0.1) is 32.2 Å². The van der Waals surface area contributed by atoms with Crippen LogP contribution >= 0.6 is 23.2 Å². The van der Waals surface area contributed by atoms with E-state index in [4.69, 9.17) is 23.2 Å². The third-order valence-electron chi connectivity index (χ3n) is 5.67. The molecular formula is C23H17Cl2N3O4S. The average molecular weight is 502 g/mol. The summed E-state index contributed by atoms with van der Waals surface area (Å²) in [5.41, 5.74) is 0.435. The molecule has 1 N–H and O–H groups in total. The van der Waals surface area contributed by atoms with Gasteiger partial charge >= 0.3 is 5.69 Å². The second-order valence-electron chi connectivity index (χ2n) is 7.68. The molecule has 2 heterocycles. The minimum absolute atomic E-state index is 0.0221. The molecule has 0 saturated carbocycles. The summed E-state index contributed by atoms with van der Waals surface area (Å²) in [7, 11) is -3.97. The van der Waals surface area contributed by atoms with Gasteiger partial charge in [0, 0.05) is 11.6 Å². The van der Waals surface area contributed by atoms with Gasteiger partial charge in [-0.15, -0.1) is 0 Å². The second-order valence-corrected chi connectivity index (χ2v) is 10.4. The van der Waals surface area contributed by atoms with Crippen LogP contribution in [0.15, 0.2) is 75.1 Å². The highest BCUT2D eigenvalue weighted by molar-refractivity contribution is 7.92. The van der Waals surface area contributed by atoms with Gasteiger partial charge in [0.2, 0.25) is 0 Å². The molecule has 1 aromatic heterocycles. The fraction of sp³-hybridized carbons (Fsp3) is 0.130. The van der Waals surface area contributed by atoms with Crippen LogP contribution in [0.5, 0.6) is 0 Å². The first-order valence-electron chi connectivity index (χ1n) is 10.1. The van der Waals surface area contributed by atoms with E-state index in [9.17, 15) is 18.0 Å². The van der Waals surface area contributed by atoms with Crippen molar-refractivity contribution in [3.63, 3.8) is 0 Å². The monoisotopic (exact) mass is 501 g/mol. The number of benzene rings is 3. The van der Waals surface area contributed by atoms with E-state index >= 15 is 0 Å². The summed E-state index contributed by atoms with van der Waals surface area (Å²) in [5.74, 6) is 0. The third kappa shape index (κ3) is 3.64. The zero-order valence-electron chi connectivity index (χ0n) is 17.1. The number of anilines is 1. The van der Waals surface area contributed by atoms with Crippen molar-refractivity contribution in [1.82, 2.24) is 9.55 Å². The topological polar surface area (TPSA) is 92.2 Å². The van der Waals surface area contributed by atoms with Crippen LogP contribution in [0.3, 0.4) is 0 Å². The highest BCUT2D eigenvalue weighted by Crippen LogP contribution is 2.33. The maximum atomic E-state index is 13.6. The standard InChI is InChI=1S/C23H17Cl2N3O4S/c24-15-7-9-17-19(12-15)26-23(30)28(22(17)29)21-13-16(8-10-18(21)25)33(31,32)27-11-3-5-14-4-1-2-6-20(14)27/h1-2,4,6-10,12-13H,3,5,11H2,(H,26,30). The number of aromatic amines is 1. The van der Waals surface area contributed by atoms with Crippen molar-refractivity contribution < 1.29 is 8.42 Å². The summed E-state index contributed by atoms with van der Waals surface area (Å²) in [6.07, 6.45) is 1.48. The average Bonchev–Trinajstić information content (AvgIpc) is 2.79. The van der Waals surface area contributed by atoms with Crippen molar-refractivity contribution >= 4 is 49.8 Å². The number of hydrogen-bond acceptors (Lipinski definition) is 4. The van der Waals surface area contributed by atoms with Crippen LogP contribution in [-0.4, -0.2) is 24.5 Å². The van der Waals surface area contributed by atoms with Crippen LogP contribution in [0.2, 0.25) is 10.0 Å². The smallest absolute Gasteiger partial charge is 0.306 e. The highest BCUT2D eigenvalue weighted by atomic mass is 35.5. The van der Waals surface area contributed by atoms with Crippen LogP contribution in [0, 0.1) is 0 Å². The number of rotatable bonds is 3. The molecule has 1 aliphatic heterocycles. The molecule has 0 spiro atoms. The van der Waals surface area contributed by atoms with Crippen LogP contribution in [-0.2, 0) is 16.4 Å². The zero-order chi connectivity index (χ0) is 23.3. The number of para-hydroxylation sites is 1. The quantitative estimate of drug-likeness (QED) is 0.456. The summed E-state index contributed by atoms with van der Waals surface area (Å²) < 4.78 is 29.3. The lowest BCUT2D eigenvalue weighted by atomic mass is 10.0. The van der Waals surface area contributed by atoms with Gasteiger partial charge in [-0.2, -0.15) is 0 Å². The van der Waals surface area contributed by atoms with Crippen molar-refractivity contribution in [3.8, 4) is 5.69 Å². The molecule has 168 valence electrons. The first kappa shape index (κ1) is 21.8. The zero-order valence-corrected chi connectivity index (χ0v) is 19.4. The van der Waals surface area contributed by atoms with Gasteiger partial charge in [-0.1, -0.05) is 41.4 Å². The summed E-state index contributed by atoms with van der Waals surface area (Å²) in [6, 6.07) is 15.8. The van der Waals surface area contributed by atoms with Crippen LogP contribution in [0.4, 0.5) is 5.69 Å². The molecule has 1 aliphatic rings. The number of hydrogen-bond donors (Lipinski definition) is 1. The molecule has 33 heavy (non-hydrogen) atoms. The SMILES string of the molecule is O=c1[nH]c2cc(Cl)ccc2c(=O)n1-c1cc(S(=O)(=O)N2CCCc3ccccc32)ccc1Cl. The van der Waals surface area contributed by atoms with Crippen molar-refractivity contribution in [2.24, 2.45) is 0 Å². The minimum atomic E-state index is -3.97. The van der Waals surface area contributed by atoms with E-state index in [0.29, 0.717) is 23.7 Å². The molecule has 0 unspecified atom stereocenters. The first-order valence-corrected chi connectivity index (χ1v) is 12.3. The number of H-pyrrole nitrogens is 1. The molecule has 0 amide bonds. The van der Waals surface area contributed by atoms with Gasteiger partial charge in [-0.25, -0.2) is 17.8 Å². The number of sulfonamides is 1. The highest BCUT2D eigenvalue weighted by Gasteiger charge is 2.29. The number of nitrogens with zero attached hydrogens (tertiary/aromatic N) is 2. The van der Waals surface area contributed by atoms with E-state index in [0.717, 1.165) is 16.6 Å². The lowest BCUT2D eigenvalue weighted by Crippen LogP contribution is -2.36. The van der Waals surface area contributed by atoms with Crippen LogP contribution in [0.25, 0.3) is 16.6 Å². The van der Waals surface area contributed by atoms with E-state index < -0.39 is 21.3 Å². The third-order valence-corrected chi connectivity index (χ3v) is 8.04. The number of aromatic nitrogens is 2. The van der Waals surface area contributed by atoms with Gasteiger partial charge in [0.25, 0.3) is 15.6 Å². The summed E-state index contributed by atoms with van der Waals surface area (Å²) in [4.78, 5) is 28.4. The maximum Gasteiger partial charge on any atom is 0.333 e. The summed E-state index contributed by atoms with van der Waals surface area (Å²) in [6.45, 7) is 0.328. The fourth-order valence-electron chi connectivity index (χ4n) is 4.11. The molecule has 3 aromatic carbocycles. The lowest BCUT2D eigenvalue weighted by Gasteiger charge is -2.30. The second kappa shape index (κ2) is 8.06. The Kier molecular flexibility index (Phi) is 5.31. The van der Waals surface area contributed by atoms with Crippen molar-refractivity contribution in [1.29, 1.82) is 0 Å². The molecule has 7 nitrogen and oxygen atoms in total. The Morgan fingerprint density at radius 1 is 0.909 bits per heavy atom. The molecule has 10 heteroatoms. The van der Waals surface area contributed by atoms with Gasteiger partial charge in [0.15, 0.2) is 0 Å². The summed E-state index contributed by atoms with van der Waals surface area (Å²) >= 11 is 12.3. The van der Waals surface area contributed by atoms with Gasteiger partial charge in [-0.05, 0) is 60.9 Å². The fourth-order valence-corrected chi connectivity index (χ4v) is 6.04. The predicted molar refractivity (Wildman–Crippen MR) is 129 cm³/mol. The van der Waals surface area contributed by atoms with Crippen molar-refractivity contribution in [2.45, 2.75) is 17.7 Å². The number of fused-ring (bicyclic) bond motifs is 2. The van der Waals surface area contributed by atoms with E-state index in [-0.39, 0.29) is 26.5 Å². The minimum Gasteiger partial charge on any atom is -0.306 e. The number of halogens is 2. The molecular weight excluding hydrogens is 485 g/mol. The Hall–Kier alpha value is -3.07. The number of nitrogens with one attached hydrogen (secondary N) is 1. The molecule has 4 aromatic rings. The van der Waals surface area contributed by atoms with Crippen LogP contribution < -0.4 is 15.6 Å². The van der Waals surface area contributed by atoms with Crippen LogP contribution in [0.1, 0.15) is 12.0 Å². The Bertz CT molecular complexity index is 1640.